The van der Waals surface area contributed by atoms with Crippen LogP contribution in [0.25, 0.3) is 22.0 Å². The molecule has 7 rings (SSSR count). The summed E-state index contributed by atoms with van der Waals surface area (Å²) in [5.41, 5.74) is 4.65. The van der Waals surface area contributed by atoms with E-state index in [4.69, 9.17) is 9.84 Å². The van der Waals surface area contributed by atoms with Gasteiger partial charge >= 0.3 is 6.09 Å². The second kappa shape index (κ2) is 10.1. The first-order valence-electron chi connectivity index (χ1n) is 13.3. The molecule has 3 saturated heterocycles. The summed E-state index contributed by atoms with van der Waals surface area (Å²) in [4.78, 5) is 26.3. The summed E-state index contributed by atoms with van der Waals surface area (Å²) in [6.45, 7) is 3.86. The number of ether oxygens (including phenoxy) is 1. The van der Waals surface area contributed by atoms with Gasteiger partial charge in [-0.1, -0.05) is 36.4 Å². The van der Waals surface area contributed by atoms with Crippen LogP contribution < -0.4 is 5.32 Å². The largest absolute Gasteiger partial charge is 0.448 e. The molecule has 1 N–H and O–H groups in total. The van der Waals surface area contributed by atoms with Gasteiger partial charge in [0.15, 0.2) is 5.78 Å². The van der Waals surface area contributed by atoms with E-state index < -0.39 is 6.09 Å². The lowest BCUT2D eigenvalue weighted by molar-refractivity contribution is -0.00222. The summed E-state index contributed by atoms with van der Waals surface area (Å²) < 4.78 is 7.65. The van der Waals surface area contributed by atoms with Gasteiger partial charge in [0.2, 0.25) is 0 Å². The molecule has 2 bridgehead atoms. The molecule has 1 aromatic heterocycles. The van der Waals surface area contributed by atoms with Crippen LogP contribution in [0, 0.1) is 5.92 Å². The van der Waals surface area contributed by atoms with Crippen LogP contribution in [0.5, 0.6) is 0 Å². The second-order valence-electron chi connectivity index (χ2n) is 10.5. The number of aromatic nitrogens is 2. The molecule has 1 amide bonds. The van der Waals surface area contributed by atoms with E-state index in [1.807, 2.05) is 11.7 Å². The van der Waals surface area contributed by atoms with Crippen LogP contribution >= 0.6 is 0 Å². The Kier molecular flexibility index (Phi) is 6.45. The highest BCUT2D eigenvalue weighted by Gasteiger charge is 2.42. The first kappa shape index (κ1) is 24.4. The van der Waals surface area contributed by atoms with Crippen molar-refractivity contribution in [3.63, 3.8) is 0 Å². The molecule has 194 valence electrons. The number of aryl methyl sites for hydroxylation is 1. The molecule has 0 saturated carbocycles. The van der Waals surface area contributed by atoms with E-state index in [0.29, 0.717) is 29.7 Å². The summed E-state index contributed by atoms with van der Waals surface area (Å²) in [5, 5.41) is 10.1. The highest BCUT2D eigenvalue weighted by atomic mass is 16.5. The zero-order chi connectivity index (χ0) is 26.2. The molecule has 7 heteroatoms. The summed E-state index contributed by atoms with van der Waals surface area (Å²) in [5.74, 6) is 0.950. The summed E-state index contributed by atoms with van der Waals surface area (Å²) in [6, 6.07) is 24.3. The minimum Gasteiger partial charge on any atom is -0.448 e. The maximum absolute atomic E-state index is 12.4. The summed E-state index contributed by atoms with van der Waals surface area (Å²) >= 11 is 0. The minimum absolute atomic E-state index is 0.00475. The molecular formula is C31H32N4O3. The Bertz CT molecular complexity index is 1490. The normalized spacial score (nSPS) is 22.4. The molecule has 0 spiro atoms. The Hall–Kier alpha value is -3.97. The number of ketones is 1. The van der Waals surface area contributed by atoms with E-state index in [1.54, 1.807) is 24.3 Å². The van der Waals surface area contributed by atoms with Gasteiger partial charge in [-0.15, -0.1) is 0 Å². The molecule has 4 unspecified atom stereocenters. The Balaban J connectivity index is 1.09. The highest BCUT2D eigenvalue weighted by molar-refractivity contribution is 5.95. The molecule has 3 aromatic carbocycles. The van der Waals surface area contributed by atoms with Gasteiger partial charge in [0.25, 0.3) is 0 Å². The summed E-state index contributed by atoms with van der Waals surface area (Å²) in [7, 11) is 2.05. The zero-order valence-corrected chi connectivity index (χ0v) is 21.8. The van der Waals surface area contributed by atoms with Crippen LogP contribution in [0.4, 0.5) is 10.5 Å². The molecule has 4 aromatic rings. The molecule has 4 atom stereocenters. The van der Waals surface area contributed by atoms with Crippen LogP contribution in [-0.2, 0) is 11.8 Å². The van der Waals surface area contributed by atoms with E-state index in [2.05, 4.69) is 58.7 Å². The first-order valence-corrected chi connectivity index (χ1v) is 13.3. The number of carbonyl (C=O) groups is 2. The molecule has 4 heterocycles. The van der Waals surface area contributed by atoms with Gasteiger partial charge in [-0.05, 0) is 79.4 Å². The number of amides is 1. The van der Waals surface area contributed by atoms with Crippen molar-refractivity contribution in [3.05, 3.63) is 84.1 Å². The number of benzene rings is 3. The summed E-state index contributed by atoms with van der Waals surface area (Å²) in [6.07, 6.45) is 1.68. The number of hydrogen-bond acceptors (Lipinski definition) is 5. The van der Waals surface area contributed by atoms with Crippen LogP contribution in [-0.4, -0.2) is 52.3 Å². The Morgan fingerprint density at radius 2 is 1.82 bits per heavy atom. The second-order valence-corrected chi connectivity index (χ2v) is 10.5. The number of carbonyl (C=O) groups excluding carboxylic acids is 2. The number of hydrogen-bond donors (Lipinski definition) is 1. The molecule has 3 aliphatic rings. The van der Waals surface area contributed by atoms with Crippen molar-refractivity contribution in [2.75, 3.05) is 25.0 Å². The average Bonchev–Trinajstić information content (AvgIpc) is 3.33. The van der Waals surface area contributed by atoms with Gasteiger partial charge in [0.05, 0.1) is 5.69 Å². The van der Waals surface area contributed by atoms with Crippen LogP contribution in [0.15, 0.2) is 72.8 Å². The number of fused-ring (bicyclic) bond motifs is 4. The minimum atomic E-state index is -0.466. The smallest absolute Gasteiger partial charge is 0.411 e. The Morgan fingerprint density at radius 3 is 2.55 bits per heavy atom. The van der Waals surface area contributed by atoms with Crippen molar-refractivity contribution in [1.29, 1.82) is 0 Å². The number of Topliss-reactive ketones (excluding diaryl/α,β-unsaturated/α-hetero) is 1. The van der Waals surface area contributed by atoms with Crippen molar-refractivity contribution in [1.82, 2.24) is 14.7 Å². The monoisotopic (exact) mass is 508 g/mol. The number of nitrogens with one attached hydrogen (secondary N) is 1. The lowest BCUT2D eigenvalue weighted by atomic mass is 9.74. The van der Waals surface area contributed by atoms with Crippen molar-refractivity contribution in [2.45, 2.75) is 31.7 Å². The number of piperidine rings is 3. The Morgan fingerprint density at radius 1 is 1.03 bits per heavy atom. The third-order valence-electron chi connectivity index (χ3n) is 8.16. The third kappa shape index (κ3) is 4.82. The molecule has 3 aliphatic heterocycles. The van der Waals surface area contributed by atoms with E-state index in [1.165, 1.54) is 23.4 Å². The fourth-order valence-corrected chi connectivity index (χ4v) is 6.08. The number of anilines is 1. The fourth-order valence-electron chi connectivity index (χ4n) is 6.08. The SMILES string of the molecule is CC(=O)c1ccc(NC(=O)OCC2CC3CCN2CC3c2cc(-c3ccc4ccccc4c3)nn2C)cc1. The van der Waals surface area contributed by atoms with Gasteiger partial charge < -0.3 is 4.74 Å². The number of nitrogens with zero attached hydrogens (tertiary/aromatic N) is 3. The maximum atomic E-state index is 12.4. The fraction of sp³-hybridized carbons (Fsp3) is 0.323. The maximum Gasteiger partial charge on any atom is 0.411 e. The molecular weight excluding hydrogens is 476 g/mol. The van der Waals surface area contributed by atoms with E-state index in [9.17, 15) is 9.59 Å². The van der Waals surface area contributed by atoms with Gasteiger partial charge in [-0.2, -0.15) is 5.10 Å². The quantitative estimate of drug-likeness (QED) is 0.330. The van der Waals surface area contributed by atoms with Crippen molar-refractivity contribution in [2.24, 2.45) is 13.0 Å². The van der Waals surface area contributed by atoms with Crippen LogP contribution in [0.1, 0.15) is 41.7 Å². The predicted octanol–water partition coefficient (Wildman–Crippen LogP) is 5.87. The number of rotatable bonds is 6. The Labute approximate surface area is 222 Å². The lowest BCUT2D eigenvalue weighted by Gasteiger charge is -2.49. The highest BCUT2D eigenvalue weighted by Crippen LogP contribution is 2.42. The van der Waals surface area contributed by atoms with Crippen molar-refractivity contribution >= 4 is 28.3 Å². The van der Waals surface area contributed by atoms with Gasteiger partial charge in [-0.3, -0.25) is 19.7 Å². The van der Waals surface area contributed by atoms with E-state index in [-0.39, 0.29) is 11.8 Å². The van der Waals surface area contributed by atoms with Crippen LogP contribution in [0.3, 0.4) is 0 Å². The molecule has 3 fully saturated rings. The van der Waals surface area contributed by atoms with Crippen LogP contribution in [0.2, 0.25) is 0 Å². The van der Waals surface area contributed by atoms with Gasteiger partial charge in [0.1, 0.15) is 6.61 Å². The lowest BCUT2D eigenvalue weighted by Crippen LogP contribution is -2.54. The zero-order valence-electron chi connectivity index (χ0n) is 21.8. The standard InChI is InChI=1S/C31H32N4O3/c1-20(36)21-9-11-26(12-10-21)32-31(37)38-19-27-16-24-13-14-35(27)18-28(24)30-17-29(33-34(30)2)25-8-7-22-5-3-4-6-23(22)15-25/h3-12,15,17,24,27-28H,13-14,16,18-19H2,1-2H3,(H,32,37). The molecule has 0 radical (unpaired) electrons. The molecule has 7 nitrogen and oxygen atoms in total. The van der Waals surface area contributed by atoms with Gasteiger partial charge in [-0.25, -0.2) is 4.79 Å². The van der Waals surface area contributed by atoms with Crippen molar-refractivity contribution in [3.8, 4) is 11.3 Å². The topological polar surface area (TPSA) is 76.5 Å². The molecule has 38 heavy (non-hydrogen) atoms. The van der Waals surface area contributed by atoms with E-state index >= 15 is 0 Å². The average molecular weight is 509 g/mol. The van der Waals surface area contributed by atoms with Gasteiger partial charge in [0, 0.05) is 48.1 Å². The molecule has 0 aliphatic carbocycles. The predicted molar refractivity (Wildman–Crippen MR) is 148 cm³/mol. The first-order chi connectivity index (χ1) is 18.4. The van der Waals surface area contributed by atoms with E-state index in [0.717, 1.165) is 37.2 Å². The van der Waals surface area contributed by atoms with Crippen molar-refractivity contribution < 1.29 is 14.3 Å². The third-order valence-corrected chi connectivity index (χ3v) is 8.16.